The average molecular weight is 185 g/mol. The molecule has 0 fully saturated rings. The van der Waals surface area contributed by atoms with Gasteiger partial charge in [0.25, 0.3) is 0 Å². The highest BCUT2D eigenvalue weighted by atomic mass is 79.9. The smallest absolute Gasteiger partial charge is 0.0461 e. The van der Waals surface area contributed by atoms with Crippen molar-refractivity contribution < 1.29 is 0 Å². The van der Waals surface area contributed by atoms with Gasteiger partial charge in [0.1, 0.15) is 0 Å². The normalized spacial score (nSPS) is 9.56. The monoisotopic (exact) mass is 184 g/mol. The van der Waals surface area contributed by atoms with Crippen molar-refractivity contribution in [2.45, 2.75) is 0 Å². The first-order valence-corrected chi connectivity index (χ1v) is 3.36. The molecule has 1 aromatic carbocycles. The van der Waals surface area contributed by atoms with E-state index in [1.165, 1.54) is 0 Å². The Morgan fingerprint density at radius 1 is 1.44 bits per heavy atom. The van der Waals surface area contributed by atoms with Crippen LogP contribution in [0.3, 0.4) is 0 Å². The van der Waals surface area contributed by atoms with E-state index in [9.17, 15) is 0 Å². The highest BCUT2D eigenvalue weighted by Gasteiger charge is 1.91. The van der Waals surface area contributed by atoms with Gasteiger partial charge in [-0.15, -0.1) is 0 Å². The minimum Gasteiger partial charge on any atom is -0.398 e. The predicted molar refractivity (Wildman–Crippen MR) is 43.0 cm³/mol. The second-order valence-electron chi connectivity index (χ2n) is 1.86. The summed E-state index contributed by atoms with van der Waals surface area (Å²) in [5.74, 6) is 0. The molecule has 0 aliphatic rings. The molecule has 0 saturated carbocycles. The third-order valence-electron chi connectivity index (χ3n) is 1.06. The topological polar surface area (TPSA) is 26.0 Å². The van der Waals surface area contributed by atoms with Crippen LogP contribution in [0.25, 0.3) is 0 Å². The SMILES string of the molecule is [CH2]c1ccc(Br)c(N)c1. The highest BCUT2D eigenvalue weighted by molar-refractivity contribution is 9.10. The molecule has 0 saturated heterocycles. The molecule has 0 amide bonds. The fraction of sp³-hybridized carbons (Fsp3) is 0. The first kappa shape index (κ1) is 6.62. The Bertz CT molecular complexity index is 220. The number of anilines is 1. The Kier molecular flexibility index (Phi) is 1.76. The molecule has 9 heavy (non-hydrogen) atoms. The lowest BCUT2D eigenvalue weighted by molar-refractivity contribution is 1.57. The summed E-state index contributed by atoms with van der Waals surface area (Å²) in [6.07, 6.45) is 0. The molecule has 1 rings (SSSR count). The molecule has 0 atom stereocenters. The van der Waals surface area contributed by atoms with E-state index in [0.29, 0.717) is 0 Å². The maximum absolute atomic E-state index is 5.53. The van der Waals surface area contributed by atoms with Gasteiger partial charge in [-0.2, -0.15) is 0 Å². The Morgan fingerprint density at radius 2 is 2.11 bits per heavy atom. The minimum absolute atomic E-state index is 0.738. The molecule has 2 N–H and O–H groups in total. The van der Waals surface area contributed by atoms with Crippen LogP contribution in [0.2, 0.25) is 0 Å². The van der Waals surface area contributed by atoms with Crippen LogP contribution in [0.5, 0.6) is 0 Å². The van der Waals surface area contributed by atoms with Crippen LogP contribution < -0.4 is 5.73 Å². The first-order valence-electron chi connectivity index (χ1n) is 2.57. The summed E-state index contributed by atoms with van der Waals surface area (Å²) >= 11 is 3.28. The van der Waals surface area contributed by atoms with Crippen LogP contribution in [0.4, 0.5) is 5.69 Å². The molecule has 1 aromatic rings. The number of nitrogens with two attached hydrogens (primary N) is 1. The number of hydrogen-bond acceptors (Lipinski definition) is 1. The number of rotatable bonds is 0. The van der Waals surface area contributed by atoms with Crippen LogP contribution in [-0.4, -0.2) is 0 Å². The number of benzene rings is 1. The van der Waals surface area contributed by atoms with Gasteiger partial charge in [0.15, 0.2) is 0 Å². The van der Waals surface area contributed by atoms with E-state index in [4.69, 9.17) is 5.73 Å². The van der Waals surface area contributed by atoms with Gasteiger partial charge in [-0.25, -0.2) is 0 Å². The van der Waals surface area contributed by atoms with Gasteiger partial charge in [-0.05, 0) is 40.5 Å². The van der Waals surface area contributed by atoms with Crippen molar-refractivity contribution in [3.63, 3.8) is 0 Å². The summed E-state index contributed by atoms with van der Waals surface area (Å²) in [6, 6.07) is 5.61. The van der Waals surface area contributed by atoms with Gasteiger partial charge in [-0.1, -0.05) is 6.07 Å². The Morgan fingerprint density at radius 3 is 2.56 bits per heavy atom. The number of hydrogen-bond donors (Lipinski definition) is 1. The van der Waals surface area contributed by atoms with E-state index in [0.717, 1.165) is 15.7 Å². The fourth-order valence-electron chi connectivity index (χ4n) is 0.593. The summed E-state index contributed by atoms with van der Waals surface area (Å²) in [5.41, 5.74) is 7.21. The van der Waals surface area contributed by atoms with E-state index < -0.39 is 0 Å². The molecule has 0 heterocycles. The molecule has 0 unspecified atom stereocenters. The van der Waals surface area contributed by atoms with Crippen LogP contribution in [0.1, 0.15) is 5.56 Å². The van der Waals surface area contributed by atoms with Crippen molar-refractivity contribution >= 4 is 21.6 Å². The number of halogens is 1. The van der Waals surface area contributed by atoms with Crippen molar-refractivity contribution in [3.8, 4) is 0 Å². The summed E-state index contributed by atoms with van der Waals surface area (Å²) in [6.45, 7) is 3.72. The van der Waals surface area contributed by atoms with Gasteiger partial charge >= 0.3 is 0 Å². The Labute approximate surface area is 63.0 Å². The molecule has 1 radical (unpaired) electrons. The second kappa shape index (κ2) is 2.40. The summed E-state index contributed by atoms with van der Waals surface area (Å²) in [4.78, 5) is 0. The largest absolute Gasteiger partial charge is 0.398 e. The van der Waals surface area contributed by atoms with Gasteiger partial charge < -0.3 is 5.73 Å². The summed E-state index contributed by atoms with van der Waals surface area (Å²) in [5, 5.41) is 0. The van der Waals surface area contributed by atoms with Crippen molar-refractivity contribution in [1.82, 2.24) is 0 Å². The van der Waals surface area contributed by atoms with Crippen molar-refractivity contribution in [3.05, 3.63) is 35.2 Å². The van der Waals surface area contributed by atoms with Gasteiger partial charge in [-0.3, -0.25) is 0 Å². The maximum atomic E-state index is 5.53. The molecule has 0 spiro atoms. The van der Waals surface area contributed by atoms with E-state index in [1.54, 1.807) is 0 Å². The summed E-state index contributed by atoms with van der Waals surface area (Å²) < 4.78 is 0.926. The first-order chi connectivity index (χ1) is 4.20. The van der Waals surface area contributed by atoms with Gasteiger partial charge in [0, 0.05) is 10.2 Å². The summed E-state index contributed by atoms with van der Waals surface area (Å²) in [7, 11) is 0. The second-order valence-corrected chi connectivity index (χ2v) is 2.71. The maximum Gasteiger partial charge on any atom is 0.0461 e. The molecular formula is C7H7BrN. The van der Waals surface area contributed by atoms with Crippen molar-refractivity contribution in [1.29, 1.82) is 0 Å². The molecule has 0 aliphatic heterocycles. The third kappa shape index (κ3) is 1.45. The Hall–Kier alpha value is -0.500. The molecule has 1 nitrogen and oxygen atoms in total. The zero-order valence-electron chi connectivity index (χ0n) is 4.89. The van der Waals surface area contributed by atoms with E-state index >= 15 is 0 Å². The predicted octanol–water partition coefficient (Wildman–Crippen LogP) is 2.21. The molecule has 2 heteroatoms. The van der Waals surface area contributed by atoms with E-state index in [2.05, 4.69) is 22.9 Å². The van der Waals surface area contributed by atoms with Gasteiger partial charge in [0.2, 0.25) is 0 Å². The average Bonchev–Trinajstić information content (AvgIpc) is 1.80. The molecule has 47 valence electrons. The Balaban J connectivity index is 3.17. The molecule has 0 aliphatic carbocycles. The molecule has 0 aromatic heterocycles. The van der Waals surface area contributed by atoms with Crippen LogP contribution >= 0.6 is 15.9 Å². The molecule has 0 bridgehead atoms. The fourth-order valence-corrected chi connectivity index (χ4v) is 0.840. The van der Waals surface area contributed by atoms with E-state index in [1.807, 2.05) is 18.2 Å². The number of nitrogen functional groups attached to an aromatic ring is 1. The van der Waals surface area contributed by atoms with Gasteiger partial charge in [0.05, 0.1) is 0 Å². The van der Waals surface area contributed by atoms with Crippen LogP contribution in [-0.2, 0) is 0 Å². The zero-order valence-corrected chi connectivity index (χ0v) is 6.48. The highest BCUT2D eigenvalue weighted by Crippen LogP contribution is 2.19. The van der Waals surface area contributed by atoms with Crippen LogP contribution in [0.15, 0.2) is 22.7 Å². The molecular weight excluding hydrogens is 178 g/mol. The van der Waals surface area contributed by atoms with Crippen molar-refractivity contribution in [2.75, 3.05) is 5.73 Å². The lowest BCUT2D eigenvalue weighted by Gasteiger charge is -1.96. The standard InChI is InChI=1S/C7H7BrN/c1-5-2-3-6(8)7(9)4-5/h2-4H,1,9H2. The quantitative estimate of drug-likeness (QED) is 0.616. The lowest BCUT2D eigenvalue weighted by atomic mass is 10.2. The third-order valence-corrected chi connectivity index (χ3v) is 1.78. The lowest BCUT2D eigenvalue weighted by Crippen LogP contribution is -1.85. The minimum atomic E-state index is 0.738. The van der Waals surface area contributed by atoms with Crippen LogP contribution in [0, 0.1) is 6.92 Å². The van der Waals surface area contributed by atoms with Crippen molar-refractivity contribution in [2.24, 2.45) is 0 Å². The van der Waals surface area contributed by atoms with E-state index in [-0.39, 0.29) is 0 Å². The zero-order chi connectivity index (χ0) is 6.85.